The molecule has 0 unspecified atom stereocenters. The lowest BCUT2D eigenvalue weighted by atomic mass is 10.1. The maximum atomic E-state index is 12.3. The molecule has 0 atom stereocenters. The van der Waals surface area contributed by atoms with Crippen molar-refractivity contribution in [1.82, 2.24) is 4.90 Å². The molecule has 0 aliphatic heterocycles. The van der Waals surface area contributed by atoms with Crippen LogP contribution in [-0.2, 0) is 9.53 Å². The van der Waals surface area contributed by atoms with Gasteiger partial charge in [0.25, 0.3) is 0 Å². The lowest BCUT2D eigenvalue weighted by Gasteiger charge is -2.21. The van der Waals surface area contributed by atoms with Crippen LogP contribution in [0.3, 0.4) is 0 Å². The molecule has 0 aliphatic rings. The lowest BCUT2D eigenvalue weighted by molar-refractivity contribution is -0.145. The zero-order valence-electron chi connectivity index (χ0n) is 21.7. The summed E-state index contributed by atoms with van der Waals surface area (Å²) in [5.41, 5.74) is 0. The molecule has 0 radical (unpaired) electrons. The minimum Gasteiger partial charge on any atom is -0.465 e. The summed E-state index contributed by atoms with van der Waals surface area (Å²) in [5.74, 6) is -0.0144. The monoisotopic (exact) mass is 439 g/mol. The van der Waals surface area contributed by atoms with Gasteiger partial charge in [0.15, 0.2) is 0 Å². The van der Waals surface area contributed by atoms with Crippen LogP contribution in [-0.4, -0.2) is 37.1 Å². The van der Waals surface area contributed by atoms with E-state index in [4.69, 9.17) is 4.74 Å². The van der Waals surface area contributed by atoms with Crippen molar-refractivity contribution in [3.63, 3.8) is 0 Å². The number of carbonyl (C=O) groups is 1. The predicted molar refractivity (Wildman–Crippen MR) is 137 cm³/mol. The fourth-order valence-corrected chi connectivity index (χ4v) is 4.15. The Balaban J connectivity index is 4.01. The fraction of sp³-hybridized carbons (Fsp3) is 0.964. The summed E-state index contributed by atoms with van der Waals surface area (Å²) in [5, 5.41) is 0. The van der Waals surface area contributed by atoms with Crippen LogP contribution in [0.15, 0.2) is 0 Å². The van der Waals surface area contributed by atoms with Gasteiger partial charge in [-0.15, -0.1) is 0 Å². The van der Waals surface area contributed by atoms with Gasteiger partial charge in [0, 0.05) is 0 Å². The van der Waals surface area contributed by atoms with E-state index in [0.717, 1.165) is 19.5 Å². The van der Waals surface area contributed by atoms with Gasteiger partial charge >= 0.3 is 5.97 Å². The van der Waals surface area contributed by atoms with E-state index < -0.39 is 0 Å². The van der Waals surface area contributed by atoms with E-state index in [2.05, 4.69) is 25.7 Å². The molecule has 0 spiro atoms. The summed E-state index contributed by atoms with van der Waals surface area (Å²) in [6, 6.07) is 0. The zero-order valence-corrected chi connectivity index (χ0v) is 21.7. The molecule has 0 aromatic carbocycles. The normalized spacial score (nSPS) is 11.4. The van der Waals surface area contributed by atoms with Gasteiger partial charge in [-0.25, -0.2) is 0 Å². The first-order valence-electron chi connectivity index (χ1n) is 14.1. The molecule has 0 aromatic rings. The molecular formula is C28H57NO2. The van der Waals surface area contributed by atoms with E-state index in [0.29, 0.717) is 13.2 Å². The average Bonchev–Trinajstić information content (AvgIpc) is 2.77. The summed E-state index contributed by atoms with van der Waals surface area (Å²) < 4.78 is 5.54. The summed E-state index contributed by atoms with van der Waals surface area (Å²) in [6.07, 6.45) is 26.0. The average molecular weight is 440 g/mol. The Morgan fingerprint density at radius 3 is 1.29 bits per heavy atom. The summed E-state index contributed by atoms with van der Waals surface area (Å²) in [7, 11) is 0. The molecule has 0 aliphatic carbocycles. The van der Waals surface area contributed by atoms with Crippen molar-refractivity contribution >= 4 is 5.97 Å². The third kappa shape index (κ3) is 23.9. The van der Waals surface area contributed by atoms with E-state index in [1.165, 1.54) is 122 Å². The molecule has 0 amide bonds. The highest BCUT2D eigenvalue weighted by molar-refractivity contribution is 5.71. The molecule has 3 heteroatoms. The van der Waals surface area contributed by atoms with Gasteiger partial charge in [-0.05, 0) is 32.4 Å². The molecule has 0 rings (SSSR count). The highest BCUT2D eigenvalue weighted by Gasteiger charge is 2.11. The second-order valence-electron chi connectivity index (χ2n) is 9.51. The van der Waals surface area contributed by atoms with Crippen molar-refractivity contribution in [1.29, 1.82) is 0 Å². The van der Waals surface area contributed by atoms with Gasteiger partial charge in [0.05, 0.1) is 13.2 Å². The SMILES string of the molecule is CCCCCCCCCN(CCCCCCCCC)CC(=O)OCCCCCCCC. The third-order valence-electron chi connectivity index (χ3n) is 6.27. The van der Waals surface area contributed by atoms with Crippen LogP contribution >= 0.6 is 0 Å². The highest BCUT2D eigenvalue weighted by atomic mass is 16.5. The Morgan fingerprint density at radius 1 is 0.516 bits per heavy atom. The number of nitrogens with zero attached hydrogens (tertiary/aromatic N) is 1. The van der Waals surface area contributed by atoms with E-state index in [-0.39, 0.29) is 5.97 Å². The zero-order chi connectivity index (χ0) is 22.8. The first kappa shape index (κ1) is 30.4. The number of rotatable bonds is 25. The Hall–Kier alpha value is -0.570. The molecule has 31 heavy (non-hydrogen) atoms. The number of unbranched alkanes of at least 4 members (excludes halogenated alkanes) is 17. The molecule has 0 bridgehead atoms. The van der Waals surface area contributed by atoms with Gasteiger partial charge in [0.2, 0.25) is 0 Å². The van der Waals surface area contributed by atoms with Gasteiger partial charge in [0.1, 0.15) is 0 Å². The molecule has 0 fully saturated rings. The molecular weight excluding hydrogens is 382 g/mol. The largest absolute Gasteiger partial charge is 0.465 e. The number of hydrogen-bond acceptors (Lipinski definition) is 3. The van der Waals surface area contributed by atoms with Crippen molar-refractivity contribution in [2.75, 3.05) is 26.2 Å². The Kier molecular flexibility index (Phi) is 25.2. The van der Waals surface area contributed by atoms with Crippen molar-refractivity contribution in [2.45, 2.75) is 149 Å². The van der Waals surface area contributed by atoms with Crippen LogP contribution in [0, 0.1) is 0 Å². The van der Waals surface area contributed by atoms with E-state index in [9.17, 15) is 4.79 Å². The maximum Gasteiger partial charge on any atom is 0.320 e. The molecule has 3 nitrogen and oxygen atoms in total. The molecule has 186 valence electrons. The van der Waals surface area contributed by atoms with Crippen LogP contribution < -0.4 is 0 Å². The van der Waals surface area contributed by atoms with Crippen molar-refractivity contribution in [2.24, 2.45) is 0 Å². The smallest absolute Gasteiger partial charge is 0.320 e. The van der Waals surface area contributed by atoms with Crippen molar-refractivity contribution < 1.29 is 9.53 Å². The van der Waals surface area contributed by atoms with Crippen LogP contribution in [0.4, 0.5) is 0 Å². The van der Waals surface area contributed by atoms with Crippen LogP contribution in [0.5, 0.6) is 0 Å². The summed E-state index contributed by atoms with van der Waals surface area (Å²) in [4.78, 5) is 14.7. The molecule has 0 heterocycles. The second kappa shape index (κ2) is 25.7. The van der Waals surface area contributed by atoms with E-state index >= 15 is 0 Å². The van der Waals surface area contributed by atoms with Crippen molar-refractivity contribution in [3.8, 4) is 0 Å². The molecule has 0 saturated carbocycles. The van der Waals surface area contributed by atoms with E-state index in [1.54, 1.807) is 0 Å². The minimum absolute atomic E-state index is 0.0144. The van der Waals surface area contributed by atoms with Crippen molar-refractivity contribution in [3.05, 3.63) is 0 Å². The predicted octanol–water partition coefficient (Wildman–Crippen LogP) is 8.69. The first-order valence-corrected chi connectivity index (χ1v) is 14.1. The minimum atomic E-state index is -0.0144. The highest BCUT2D eigenvalue weighted by Crippen LogP contribution is 2.11. The summed E-state index contributed by atoms with van der Waals surface area (Å²) in [6.45, 7) is 9.98. The summed E-state index contributed by atoms with van der Waals surface area (Å²) >= 11 is 0. The number of hydrogen-bond donors (Lipinski definition) is 0. The second-order valence-corrected chi connectivity index (χ2v) is 9.51. The fourth-order valence-electron chi connectivity index (χ4n) is 4.15. The van der Waals surface area contributed by atoms with Gasteiger partial charge in [-0.3, -0.25) is 9.69 Å². The number of carbonyl (C=O) groups excluding carboxylic acids is 1. The molecule has 0 aromatic heterocycles. The Bertz CT molecular complexity index is 341. The third-order valence-corrected chi connectivity index (χ3v) is 6.27. The molecule has 0 saturated heterocycles. The first-order chi connectivity index (χ1) is 15.2. The van der Waals surface area contributed by atoms with E-state index in [1.807, 2.05) is 0 Å². The quantitative estimate of drug-likeness (QED) is 0.105. The Labute approximate surface area is 196 Å². The van der Waals surface area contributed by atoms with Crippen LogP contribution in [0.25, 0.3) is 0 Å². The van der Waals surface area contributed by atoms with Gasteiger partial charge in [-0.2, -0.15) is 0 Å². The molecule has 0 N–H and O–H groups in total. The van der Waals surface area contributed by atoms with Crippen LogP contribution in [0.2, 0.25) is 0 Å². The maximum absolute atomic E-state index is 12.3. The lowest BCUT2D eigenvalue weighted by Crippen LogP contribution is -2.33. The Morgan fingerprint density at radius 2 is 0.871 bits per heavy atom. The van der Waals surface area contributed by atoms with Gasteiger partial charge in [-0.1, -0.05) is 130 Å². The van der Waals surface area contributed by atoms with Crippen LogP contribution in [0.1, 0.15) is 149 Å². The topological polar surface area (TPSA) is 29.5 Å². The number of esters is 1. The standard InChI is InChI=1S/C28H57NO2/c1-4-7-10-13-16-18-21-24-29(25-22-19-17-14-11-8-5-2)27-28(30)31-26-23-20-15-12-9-6-3/h4-27H2,1-3H3. The van der Waals surface area contributed by atoms with Gasteiger partial charge < -0.3 is 4.74 Å². The number of ether oxygens (including phenoxy) is 1.